The summed E-state index contributed by atoms with van der Waals surface area (Å²) in [6.07, 6.45) is 2.32. The lowest BCUT2D eigenvalue weighted by Gasteiger charge is -2.13. The molecular weight excluding hydrogens is 194 g/mol. The van der Waals surface area contributed by atoms with Gasteiger partial charge < -0.3 is 5.32 Å². The Labute approximate surface area is 98.6 Å². The average molecular weight is 215 g/mol. The molecule has 1 aliphatic rings. The van der Waals surface area contributed by atoms with Crippen LogP contribution in [-0.4, -0.2) is 6.54 Å². The molecule has 1 N–H and O–H groups in total. The topological polar surface area (TPSA) is 12.0 Å². The van der Waals surface area contributed by atoms with Crippen LogP contribution in [-0.2, 0) is 5.41 Å². The molecule has 1 aromatic carbocycles. The molecule has 86 valence electrons. The van der Waals surface area contributed by atoms with Gasteiger partial charge in [0.05, 0.1) is 0 Å². The molecule has 1 fully saturated rings. The fourth-order valence-corrected chi connectivity index (χ4v) is 2.32. The van der Waals surface area contributed by atoms with E-state index in [4.69, 9.17) is 0 Å². The molecule has 1 aromatic rings. The predicted molar refractivity (Wildman–Crippen MR) is 69.3 cm³/mol. The number of benzene rings is 1. The number of rotatable bonds is 5. The molecule has 0 saturated heterocycles. The van der Waals surface area contributed by atoms with Gasteiger partial charge in [-0.15, -0.1) is 0 Å². The molecule has 1 saturated carbocycles. The van der Waals surface area contributed by atoms with Crippen LogP contribution < -0.4 is 5.32 Å². The monoisotopic (exact) mass is 215 g/mol. The van der Waals surface area contributed by atoms with E-state index in [1.165, 1.54) is 12.0 Å². The minimum absolute atomic E-state index is 0.391. The van der Waals surface area contributed by atoms with Crippen molar-refractivity contribution in [2.45, 2.75) is 32.1 Å². The molecule has 0 aliphatic heterocycles. The van der Waals surface area contributed by atoms with Gasteiger partial charge >= 0.3 is 0 Å². The molecule has 1 heteroatoms. The lowest BCUT2D eigenvalue weighted by molar-refractivity contribution is 0.612. The molecule has 0 heterocycles. The lowest BCUT2D eigenvalue weighted by Crippen LogP contribution is -2.19. The highest BCUT2D eigenvalue weighted by Gasteiger charge is 2.50. The minimum atomic E-state index is 0.391. The summed E-state index contributed by atoms with van der Waals surface area (Å²) in [5.74, 6) is 0.762. The van der Waals surface area contributed by atoms with E-state index in [0.717, 1.165) is 24.6 Å². The van der Waals surface area contributed by atoms with Gasteiger partial charge in [0.1, 0.15) is 0 Å². The van der Waals surface area contributed by atoms with Crippen LogP contribution in [0.4, 0.5) is 0 Å². The Balaban J connectivity index is 1.92. The van der Waals surface area contributed by atoms with Gasteiger partial charge in [0, 0.05) is 12.2 Å². The zero-order chi connectivity index (χ0) is 11.6. The van der Waals surface area contributed by atoms with Crippen molar-refractivity contribution in [2.24, 2.45) is 5.92 Å². The first-order valence-electron chi connectivity index (χ1n) is 6.14. The second kappa shape index (κ2) is 4.32. The largest absolute Gasteiger partial charge is 0.389 e. The third kappa shape index (κ3) is 2.13. The molecule has 2 unspecified atom stereocenters. The van der Waals surface area contributed by atoms with Gasteiger partial charge in [-0.3, -0.25) is 0 Å². The summed E-state index contributed by atoms with van der Waals surface area (Å²) in [5, 5.41) is 3.42. The van der Waals surface area contributed by atoms with Gasteiger partial charge in [-0.25, -0.2) is 0 Å². The fourth-order valence-electron chi connectivity index (χ4n) is 2.32. The van der Waals surface area contributed by atoms with Gasteiger partial charge in [0.25, 0.3) is 0 Å². The first kappa shape index (κ1) is 11.3. The molecule has 16 heavy (non-hydrogen) atoms. The molecule has 0 amide bonds. The summed E-state index contributed by atoms with van der Waals surface area (Å²) >= 11 is 0. The lowest BCUT2D eigenvalue weighted by atomic mass is 9.95. The SMILES string of the molecule is C=C(CC)NCC1CC1(C)c1ccccc1. The van der Waals surface area contributed by atoms with Crippen LogP contribution in [0.2, 0.25) is 0 Å². The van der Waals surface area contributed by atoms with E-state index >= 15 is 0 Å². The summed E-state index contributed by atoms with van der Waals surface area (Å²) < 4.78 is 0. The Bertz CT molecular complexity index is 368. The van der Waals surface area contributed by atoms with Crippen molar-refractivity contribution in [3.8, 4) is 0 Å². The van der Waals surface area contributed by atoms with Gasteiger partial charge in [0.2, 0.25) is 0 Å². The van der Waals surface area contributed by atoms with Crippen molar-refractivity contribution in [3.63, 3.8) is 0 Å². The molecule has 0 aromatic heterocycles. The Morgan fingerprint density at radius 2 is 2.12 bits per heavy atom. The smallest absolute Gasteiger partial charge is 0.0180 e. The van der Waals surface area contributed by atoms with Crippen LogP contribution in [0.5, 0.6) is 0 Å². The Morgan fingerprint density at radius 3 is 2.75 bits per heavy atom. The Kier molecular flexibility index (Phi) is 3.04. The standard InChI is InChI=1S/C15H21N/c1-4-12(2)16-11-14-10-15(14,3)13-8-6-5-7-9-13/h5-9,14,16H,2,4,10-11H2,1,3H3. The van der Waals surface area contributed by atoms with Crippen LogP contribution >= 0.6 is 0 Å². The molecule has 0 spiro atoms. The summed E-state index contributed by atoms with van der Waals surface area (Å²) in [7, 11) is 0. The van der Waals surface area contributed by atoms with Crippen LogP contribution in [0, 0.1) is 5.92 Å². The quantitative estimate of drug-likeness (QED) is 0.793. The maximum Gasteiger partial charge on any atom is 0.0180 e. The number of nitrogens with one attached hydrogen (secondary N) is 1. The Hall–Kier alpha value is -1.24. The summed E-state index contributed by atoms with van der Waals surface area (Å²) in [4.78, 5) is 0. The average Bonchev–Trinajstić information content (AvgIpc) is 3.00. The van der Waals surface area contributed by atoms with E-state index in [1.807, 2.05) is 0 Å². The predicted octanol–water partition coefficient (Wildman–Crippen LogP) is 3.48. The maximum atomic E-state index is 3.98. The summed E-state index contributed by atoms with van der Waals surface area (Å²) in [6.45, 7) is 9.55. The molecule has 0 radical (unpaired) electrons. The van der Waals surface area contributed by atoms with E-state index in [9.17, 15) is 0 Å². The first-order valence-corrected chi connectivity index (χ1v) is 6.14. The van der Waals surface area contributed by atoms with E-state index in [-0.39, 0.29) is 0 Å². The van der Waals surface area contributed by atoms with Crippen molar-refractivity contribution in [2.75, 3.05) is 6.54 Å². The van der Waals surface area contributed by atoms with E-state index < -0.39 is 0 Å². The maximum absolute atomic E-state index is 3.98. The van der Waals surface area contributed by atoms with E-state index in [0.29, 0.717) is 5.41 Å². The van der Waals surface area contributed by atoms with Crippen molar-refractivity contribution in [3.05, 3.63) is 48.2 Å². The minimum Gasteiger partial charge on any atom is -0.389 e. The molecule has 0 bridgehead atoms. The van der Waals surface area contributed by atoms with Crippen molar-refractivity contribution in [1.82, 2.24) is 5.32 Å². The molecule has 2 rings (SSSR count). The highest BCUT2D eigenvalue weighted by atomic mass is 14.9. The second-order valence-corrected chi connectivity index (χ2v) is 5.02. The number of allylic oxidation sites excluding steroid dienone is 1. The zero-order valence-electron chi connectivity index (χ0n) is 10.3. The molecule has 1 nitrogen and oxygen atoms in total. The van der Waals surface area contributed by atoms with E-state index in [2.05, 4.69) is 56.1 Å². The van der Waals surface area contributed by atoms with Gasteiger partial charge in [0.15, 0.2) is 0 Å². The third-order valence-electron chi connectivity index (χ3n) is 3.87. The molecule has 1 aliphatic carbocycles. The first-order chi connectivity index (χ1) is 7.66. The molecular formula is C15H21N. The highest BCUT2D eigenvalue weighted by Crippen LogP contribution is 2.53. The van der Waals surface area contributed by atoms with Crippen LogP contribution in [0.15, 0.2) is 42.6 Å². The summed E-state index contributed by atoms with van der Waals surface area (Å²) in [6, 6.07) is 10.8. The summed E-state index contributed by atoms with van der Waals surface area (Å²) in [5.41, 5.74) is 3.02. The van der Waals surface area contributed by atoms with Crippen molar-refractivity contribution < 1.29 is 0 Å². The van der Waals surface area contributed by atoms with Crippen LogP contribution in [0.25, 0.3) is 0 Å². The van der Waals surface area contributed by atoms with E-state index in [1.54, 1.807) is 0 Å². The van der Waals surface area contributed by atoms with Crippen LogP contribution in [0.3, 0.4) is 0 Å². The zero-order valence-corrected chi connectivity index (χ0v) is 10.3. The van der Waals surface area contributed by atoms with Gasteiger partial charge in [-0.2, -0.15) is 0 Å². The van der Waals surface area contributed by atoms with Gasteiger partial charge in [-0.05, 0) is 29.7 Å². The van der Waals surface area contributed by atoms with Crippen molar-refractivity contribution >= 4 is 0 Å². The van der Waals surface area contributed by atoms with Crippen LogP contribution in [0.1, 0.15) is 32.3 Å². The normalized spacial score (nSPS) is 27.5. The molecule has 2 atom stereocenters. The fraction of sp³-hybridized carbons (Fsp3) is 0.467. The third-order valence-corrected chi connectivity index (χ3v) is 3.87. The Morgan fingerprint density at radius 1 is 1.44 bits per heavy atom. The second-order valence-electron chi connectivity index (χ2n) is 5.02. The number of hydrogen-bond acceptors (Lipinski definition) is 1. The number of hydrogen-bond donors (Lipinski definition) is 1. The highest BCUT2D eigenvalue weighted by molar-refractivity contribution is 5.32. The van der Waals surface area contributed by atoms with Gasteiger partial charge in [-0.1, -0.05) is 50.8 Å². The van der Waals surface area contributed by atoms with Crippen molar-refractivity contribution in [1.29, 1.82) is 0 Å².